The van der Waals surface area contributed by atoms with E-state index in [2.05, 4.69) is 30.6 Å². The van der Waals surface area contributed by atoms with Crippen LogP contribution in [0.4, 0.5) is 28.9 Å². The predicted molar refractivity (Wildman–Crippen MR) is 160 cm³/mol. The number of pyridine rings is 1. The van der Waals surface area contributed by atoms with E-state index >= 15 is 0 Å². The van der Waals surface area contributed by atoms with E-state index in [4.69, 9.17) is 14.2 Å². The standard InChI is InChI=1S/C29H30F3N7O5S/c1-16(40)36-26-38-24-20(6-5-7-21(24)45-26)43-23-12-19(34-15-35-23)18-8-9-22(29(30,31)32)37-25(18)33-13-17-14-39(10-11-42-17)27(41)44-28(2,3)4/h5-9,12,15,17H,10-11,13-14H2,1-4H3,(H,33,37)(H,36,38,40). The lowest BCUT2D eigenvalue weighted by molar-refractivity contribution is -0.141. The van der Waals surface area contributed by atoms with Gasteiger partial charge in [-0.15, -0.1) is 0 Å². The normalized spacial score (nSPS) is 15.5. The van der Waals surface area contributed by atoms with Gasteiger partial charge in [0.15, 0.2) is 10.9 Å². The number of halogens is 3. The van der Waals surface area contributed by atoms with Crippen LogP contribution in [-0.4, -0.2) is 74.8 Å². The van der Waals surface area contributed by atoms with Gasteiger partial charge >= 0.3 is 12.3 Å². The molecular weight excluding hydrogens is 615 g/mol. The highest BCUT2D eigenvalue weighted by atomic mass is 32.1. The van der Waals surface area contributed by atoms with Gasteiger partial charge in [-0.3, -0.25) is 4.79 Å². The van der Waals surface area contributed by atoms with Gasteiger partial charge in [0.2, 0.25) is 11.8 Å². The van der Waals surface area contributed by atoms with E-state index in [9.17, 15) is 22.8 Å². The number of thiazole rings is 1. The molecular formula is C29H30F3N7O5S. The number of aromatic nitrogens is 4. The lowest BCUT2D eigenvalue weighted by Crippen LogP contribution is -2.49. The van der Waals surface area contributed by atoms with Crippen LogP contribution in [0.15, 0.2) is 42.7 Å². The lowest BCUT2D eigenvalue weighted by Gasteiger charge is -2.34. The number of nitrogens with zero attached hydrogens (tertiary/aromatic N) is 5. The molecule has 4 aromatic rings. The molecule has 238 valence electrons. The van der Waals surface area contributed by atoms with Gasteiger partial charge in [-0.25, -0.2) is 24.7 Å². The number of anilines is 2. The summed E-state index contributed by atoms with van der Waals surface area (Å²) in [5.41, 5.74) is -0.771. The fourth-order valence-electron chi connectivity index (χ4n) is 4.37. The minimum Gasteiger partial charge on any atom is -0.444 e. The second-order valence-corrected chi connectivity index (χ2v) is 12.1. The van der Waals surface area contributed by atoms with Crippen LogP contribution in [0.2, 0.25) is 0 Å². The summed E-state index contributed by atoms with van der Waals surface area (Å²) < 4.78 is 58.9. The van der Waals surface area contributed by atoms with Crippen molar-refractivity contribution < 1.29 is 37.0 Å². The maximum atomic E-state index is 13.6. The van der Waals surface area contributed by atoms with Crippen molar-refractivity contribution in [1.82, 2.24) is 24.8 Å². The molecule has 16 heteroatoms. The summed E-state index contributed by atoms with van der Waals surface area (Å²) in [5.74, 6) is 0.116. The van der Waals surface area contributed by atoms with Crippen molar-refractivity contribution in [2.24, 2.45) is 0 Å². The van der Waals surface area contributed by atoms with Gasteiger partial charge < -0.3 is 29.7 Å². The molecule has 1 aromatic carbocycles. The van der Waals surface area contributed by atoms with E-state index in [0.29, 0.717) is 22.9 Å². The van der Waals surface area contributed by atoms with E-state index in [1.165, 1.54) is 41.6 Å². The Bertz CT molecular complexity index is 1710. The SMILES string of the molecule is CC(=O)Nc1nc2c(Oc3cc(-c4ccc(C(F)(F)F)nc4NCC4CN(C(=O)OC(C)(C)C)CCO4)ncn3)cccc2s1. The molecule has 0 aliphatic carbocycles. The maximum Gasteiger partial charge on any atom is 0.433 e. The van der Waals surface area contributed by atoms with Crippen LogP contribution in [0.3, 0.4) is 0 Å². The molecule has 0 saturated carbocycles. The zero-order chi connectivity index (χ0) is 32.4. The Balaban J connectivity index is 1.38. The summed E-state index contributed by atoms with van der Waals surface area (Å²) in [4.78, 5) is 42.2. The number of carbonyl (C=O) groups is 2. The fourth-order valence-corrected chi connectivity index (χ4v) is 5.30. The van der Waals surface area contributed by atoms with E-state index in [1.807, 2.05) is 6.07 Å². The van der Waals surface area contributed by atoms with Crippen LogP contribution in [0.1, 0.15) is 33.4 Å². The highest BCUT2D eigenvalue weighted by Gasteiger charge is 2.34. The van der Waals surface area contributed by atoms with Gasteiger partial charge in [-0.05, 0) is 45.0 Å². The lowest BCUT2D eigenvalue weighted by atomic mass is 10.1. The minimum atomic E-state index is -4.69. The van der Waals surface area contributed by atoms with Gasteiger partial charge in [0.25, 0.3) is 0 Å². The first-order valence-electron chi connectivity index (χ1n) is 13.8. The predicted octanol–water partition coefficient (Wildman–Crippen LogP) is 5.97. The third-order valence-corrected chi connectivity index (χ3v) is 7.21. The van der Waals surface area contributed by atoms with Crippen LogP contribution < -0.4 is 15.4 Å². The van der Waals surface area contributed by atoms with E-state index in [0.717, 1.165) is 10.8 Å². The van der Waals surface area contributed by atoms with E-state index in [1.54, 1.807) is 32.9 Å². The first kappa shape index (κ1) is 31.8. The van der Waals surface area contributed by atoms with Crippen LogP contribution in [-0.2, 0) is 20.4 Å². The number of hydrogen-bond acceptors (Lipinski definition) is 11. The van der Waals surface area contributed by atoms with Gasteiger partial charge in [-0.1, -0.05) is 17.4 Å². The zero-order valence-corrected chi connectivity index (χ0v) is 25.6. The van der Waals surface area contributed by atoms with Gasteiger partial charge in [0, 0.05) is 31.6 Å². The number of para-hydroxylation sites is 1. The van der Waals surface area contributed by atoms with Crippen LogP contribution in [0.5, 0.6) is 11.6 Å². The van der Waals surface area contributed by atoms with Gasteiger partial charge in [0.05, 0.1) is 29.6 Å². The third kappa shape index (κ3) is 8.13. The summed E-state index contributed by atoms with van der Waals surface area (Å²) in [6.07, 6.45) is -4.51. The molecule has 0 spiro atoms. The van der Waals surface area contributed by atoms with Crippen molar-refractivity contribution in [2.45, 2.75) is 45.6 Å². The summed E-state index contributed by atoms with van der Waals surface area (Å²) in [5, 5.41) is 6.00. The van der Waals surface area contributed by atoms with Crippen molar-refractivity contribution in [3.05, 3.63) is 48.4 Å². The highest BCUT2D eigenvalue weighted by Crippen LogP contribution is 2.36. The number of hydrogen-bond donors (Lipinski definition) is 2. The number of ether oxygens (including phenoxy) is 3. The Morgan fingerprint density at radius 3 is 2.67 bits per heavy atom. The highest BCUT2D eigenvalue weighted by molar-refractivity contribution is 7.22. The van der Waals surface area contributed by atoms with Crippen LogP contribution in [0.25, 0.3) is 21.5 Å². The molecule has 45 heavy (non-hydrogen) atoms. The maximum absolute atomic E-state index is 13.6. The molecule has 2 amide bonds. The molecule has 4 heterocycles. The molecule has 3 aromatic heterocycles. The average molecular weight is 646 g/mol. The molecule has 12 nitrogen and oxygen atoms in total. The molecule has 2 N–H and O–H groups in total. The molecule has 1 saturated heterocycles. The fraction of sp³-hybridized carbons (Fsp3) is 0.379. The van der Waals surface area contributed by atoms with Crippen molar-refractivity contribution in [3.63, 3.8) is 0 Å². The average Bonchev–Trinajstić information content (AvgIpc) is 3.38. The monoisotopic (exact) mass is 645 g/mol. The zero-order valence-electron chi connectivity index (χ0n) is 24.8. The first-order valence-corrected chi connectivity index (χ1v) is 14.7. The van der Waals surface area contributed by atoms with Crippen molar-refractivity contribution in [1.29, 1.82) is 0 Å². The Kier molecular flexibility index (Phi) is 9.06. The van der Waals surface area contributed by atoms with Gasteiger partial charge in [0.1, 0.15) is 29.0 Å². The topological polar surface area (TPSA) is 141 Å². The number of carbonyl (C=O) groups excluding carboxylic acids is 2. The number of amides is 2. The molecule has 5 rings (SSSR count). The van der Waals surface area contributed by atoms with Crippen molar-refractivity contribution >= 4 is 44.5 Å². The minimum absolute atomic E-state index is 0.0531. The van der Waals surface area contributed by atoms with E-state index in [-0.39, 0.29) is 48.6 Å². The first-order chi connectivity index (χ1) is 21.2. The van der Waals surface area contributed by atoms with Crippen molar-refractivity contribution in [2.75, 3.05) is 36.9 Å². The Hall–Kier alpha value is -4.57. The molecule has 1 atom stereocenters. The molecule has 0 radical (unpaired) electrons. The second kappa shape index (κ2) is 12.8. The van der Waals surface area contributed by atoms with Crippen LogP contribution >= 0.6 is 11.3 Å². The largest absolute Gasteiger partial charge is 0.444 e. The number of nitrogens with one attached hydrogen (secondary N) is 2. The number of rotatable bonds is 7. The Morgan fingerprint density at radius 1 is 1.13 bits per heavy atom. The Labute approximate surface area is 260 Å². The number of alkyl halides is 3. The molecule has 1 aliphatic rings. The van der Waals surface area contributed by atoms with Crippen molar-refractivity contribution in [3.8, 4) is 22.9 Å². The molecule has 0 bridgehead atoms. The van der Waals surface area contributed by atoms with Crippen LogP contribution in [0, 0.1) is 0 Å². The quantitative estimate of drug-likeness (QED) is 0.247. The summed E-state index contributed by atoms with van der Waals surface area (Å²) >= 11 is 1.27. The molecule has 1 unspecified atom stereocenters. The second-order valence-electron chi connectivity index (χ2n) is 11.0. The molecule has 1 fully saturated rings. The third-order valence-electron chi connectivity index (χ3n) is 6.27. The summed E-state index contributed by atoms with van der Waals surface area (Å²) in [6.45, 7) is 7.45. The van der Waals surface area contributed by atoms with Gasteiger partial charge in [-0.2, -0.15) is 13.2 Å². The number of benzene rings is 1. The number of morpholine rings is 1. The summed E-state index contributed by atoms with van der Waals surface area (Å²) in [7, 11) is 0. The van der Waals surface area contributed by atoms with E-state index < -0.39 is 29.7 Å². The Morgan fingerprint density at radius 2 is 1.93 bits per heavy atom. The summed E-state index contributed by atoms with van der Waals surface area (Å²) in [6, 6.07) is 8.86. The smallest absolute Gasteiger partial charge is 0.433 e. The number of fused-ring (bicyclic) bond motifs is 1. The molecule has 1 aliphatic heterocycles.